The average molecular weight is 403 g/mol. The first kappa shape index (κ1) is 19.2. The molecule has 0 saturated carbocycles. The molecule has 1 aromatic heterocycles. The van der Waals surface area contributed by atoms with E-state index in [-0.39, 0.29) is 12.0 Å². The van der Waals surface area contributed by atoms with Gasteiger partial charge in [0, 0.05) is 12.0 Å². The number of rotatable bonds is 7. The summed E-state index contributed by atoms with van der Waals surface area (Å²) in [6.07, 6.45) is 2.84. The molecule has 5 rings (SSSR count). The number of nitrogens with one attached hydrogen (secondary N) is 2. The Balaban J connectivity index is 1.43. The highest BCUT2D eigenvalue weighted by Gasteiger charge is 2.40. The Labute approximate surface area is 168 Å². The molecular formula is C20H26N4O3S. The van der Waals surface area contributed by atoms with Crippen LogP contribution in [-0.2, 0) is 4.74 Å². The number of anilines is 2. The van der Waals surface area contributed by atoms with Crippen LogP contribution in [0.4, 0.5) is 15.7 Å². The van der Waals surface area contributed by atoms with Gasteiger partial charge in [-0.3, -0.25) is 5.32 Å². The number of carbonyl (C=O) groups is 1. The maximum absolute atomic E-state index is 12.5. The highest BCUT2D eigenvalue weighted by atomic mass is 32.1. The van der Waals surface area contributed by atoms with E-state index in [0.29, 0.717) is 24.1 Å². The molecule has 8 heteroatoms. The SMILES string of the molecule is O=C(Nc1nc(NCCO)sc1-c1ccccc1)OCC12CCN(CC1)CC2. The maximum Gasteiger partial charge on any atom is 0.412 e. The van der Waals surface area contributed by atoms with Crippen molar-refractivity contribution in [1.29, 1.82) is 0 Å². The number of fused-ring (bicyclic) bond motifs is 3. The number of aromatic nitrogens is 1. The standard InChI is InChI=1S/C20H26N4O3S/c25-13-9-21-18-22-17(16(28-18)15-4-2-1-3-5-15)23-19(26)27-14-20-6-10-24(11-7-20)12-8-20/h1-5,25H,6-14H2,(H,21,22)(H,23,26). The van der Waals surface area contributed by atoms with Gasteiger partial charge < -0.3 is 20.1 Å². The third kappa shape index (κ3) is 4.29. The summed E-state index contributed by atoms with van der Waals surface area (Å²) in [5.74, 6) is 0.484. The number of hydrogen-bond acceptors (Lipinski definition) is 7. The first-order valence-corrected chi connectivity index (χ1v) is 10.6. The number of thiazole rings is 1. The molecule has 0 aliphatic carbocycles. The van der Waals surface area contributed by atoms with Crippen molar-refractivity contribution >= 4 is 28.4 Å². The van der Waals surface area contributed by atoms with E-state index in [9.17, 15) is 4.79 Å². The number of amides is 1. The monoisotopic (exact) mass is 402 g/mol. The van der Waals surface area contributed by atoms with Crippen LogP contribution in [0, 0.1) is 5.41 Å². The van der Waals surface area contributed by atoms with Gasteiger partial charge in [-0.25, -0.2) is 9.78 Å². The molecule has 7 nitrogen and oxygen atoms in total. The van der Waals surface area contributed by atoms with Crippen molar-refractivity contribution in [2.75, 3.05) is 50.0 Å². The lowest BCUT2D eigenvalue weighted by molar-refractivity contribution is -0.0190. The summed E-state index contributed by atoms with van der Waals surface area (Å²) in [5, 5.41) is 15.6. The van der Waals surface area contributed by atoms with Crippen LogP contribution in [0.3, 0.4) is 0 Å². The van der Waals surface area contributed by atoms with E-state index in [2.05, 4.69) is 20.5 Å². The van der Waals surface area contributed by atoms with Gasteiger partial charge in [0.15, 0.2) is 10.9 Å². The molecule has 4 heterocycles. The normalized spacial score (nSPS) is 23.4. The van der Waals surface area contributed by atoms with Gasteiger partial charge in [-0.05, 0) is 44.5 Å². The van der Waals surface area contributed by atoms with Gasteiger partial charge >= 0.3 is 6.09 Å². The summed E-state index contributed by atoms with van der Waals surface area (Å²) in [6.45, 7) is 4.21. The maximum atomic E-state index is 12.5. The number of carbonyl (C=O) groups excluding carboxylic acids is 1. The van der Waals surface area contributed by atoms with Gasteiger partial charge in [0.1, 0.15) is 0 Å². The molecule has 3 aliphatic heterocycles. The minimum atomic E-state index is -0.460. The zero-order valence-electron chi connectivity index (χ0n) is 15.8. The lowest BCUT2D eigenvalue weighted by Gasteiger charge is -2.47. The first-order valence-electron chi connectivity index (χ1n) is 9.75. The van der Waals surface area contributed by atoms with Crippen LogP contribution >= 0.6 is 11.3 Å². The molecule has 150 valence electrons. The Morgan fingerprint density at radius 1 is 1.21 bits per heavy atom. The highest BCUT2D eigenvalue weighted by Crippen LogP contribution is 2.40. The van der Waals surface area contributed by atoms with Gasteiger partial charge in [-0.15, -0.1) is 0 Å². The summed E-state index contributed by atoms with van der Waals surface area (Å²) in [4.78, 5) is 20.3. The van der Waals surface area contributed by atoms with Gasteiger partial charge in [-0.2, -0.15) is 0 Å². The van der Waals surface area contributed by atoms with E-state index < -0.39 is 6.09 Å². The smallest absolute Gasteiger partial charge is 0.412 e. The van der Waals surface area contributed by atoms with Crippen LogP contribution in [0.2, 0.25) is 0 Å². The van der Waals surface area contributed by atoms with E-state index in [1.807, 2.05) is 30.3 Å². The Hall–Kier alpha value is -2.16. The van der Waals surface area contributed by atoms with Crippen LogP contribution in [-0.4, -0.2) is 60.5 Å². The highest BCUT2D eigenvalue weighted by molar-refractivity contribution is 7.19. The second-order valence-electron chi connectivity index (χ2n) is 7.51. The van der Waals surface area contributed by atoms with Crippen molar-refractivity contribution < 1.29 is 14.6 Å². The summed E-state index contributed by atoms with van der Waals surface area (Å²) in [5.41, 5.74) is 1.12. The largest absolute Gasteiger partial charge is 0.449 e. The van der Waals surface area contributed by atoms with Crippen LogP contribution in [0.5, 0.6) is 0 Å². The zero-order chi connectivity index (χ0) is 19.4. The van der Waals surface area contributed by atoms with Crippen molar-refractivity contribution in [1.82, 2.24) is 9.88 Å². The van der Waals surface area contributed by atoms with Crippen molar-refractivity contribution in [3.05, 3.63) is 30.3 Å². The van der Waals surface area contributed by atoms with E-state index in [4.69, 9.17) is 9.84 Å². The molecule has 3 N–H and O–H groups in total. The summed E-state index contributed by atoms with van der Waals surface area (Å²) in [6, 6.07) is 9.81. The first-order chi connectivity index (χ1) is 13.7. The lowest BCUT2D eigenvalue weighted by Crippen LogP contribution is -2.50. The zero-order valence-corrected chi connectivity index (χ0v) is 16.6. The van der Waals surface area contributed by atoms with Crippen LogP contribution in [0.15, 0.2) is 30.3 Å². The van der Waals surface area contributed by atoms with Crippen molar-refractivity contribution in [2.24, 2.45) is 5.41 Å². The summed E-state index contributed by atoms with van der Waals surface area (Å²) < 4.78 is 5.62. The second-order valence-corrected chi connectivity index (χ2v) is 8.51. The minimum Gasteiger partial charge on any atom is -0.449 e. The molecule has 2 bridgehead atoms. The van der Waals surface area contributed by atoms with Gasteiger partial charge in [0.25, 0.3) is 0 Å². The van der Waals surface area contributed by atoms with Crippen LogP contribution < -0.4 is 10.6 Å². The molecule has 0 atom stereocenters. The minimum absolute atomic E-state index is 0.0184. The van der Waals surface area contributed by atoms with Crippen LogP contribution in [0.1, 0.15) is 19.3 Å². The van der Waals surface area contributed by atoms with Crippen LogP contribution in [0.25, 0.3) is 10.4 Å². The number of aliphatic hydroxyl groups is 1. The Kier molecular flexibility index (Phi) is 5.79. The third-order valence-corrected chi connectivity index (χ3v) is 6.72. The van der Waals surface area contributed by atoms with Crippen molar-refractivity contribution in [2.45, 2.75) is 19.3 Å². The predicted octanol–water partition coefficient (Wildman–Crippen LogP) is 3.25. The molecule has 28 heavy (non-hydrogen) atoms. The lowest BCUT2D eigenvalue weighted by atomic mass is 9.73. The molecular weight excluding hydrogens is 376 g/mol. The summed E-state index contributed by atoms with van der Waals surface area (Å²) >= 11 is 1.44. The quantitative estimate of drug-likeness (QED) is 0.659. The number of piperidine rings is 3. The number of hydrogen-bond donors (Lipinski definition) is 3. The Bertz CT molecular complexity index is 789. The Morgan fingerprint density at radius 3 is 2.61 bits per heavy atom. The van der Waals surface area contributed by atoms with Gasteiger partial charge in [-0.1, -0.05) is 41.7 Å². The van der Waals surface area contributed by atoms with Crippen molar-refractivity contribution in [3.8, 4) is 10.4 Å². The molecule has 3 saturated heterocycles. The average Bonchev–Trinajstić information content (AvgIpc) is 3.15. The van der Waals surface area contributed by atoms with Crippen molar-refractivity contribution in [3.63, 3.8) is 0 Å². The third-order valence-electron chi connectivity index (χ3n) is 5.66. The van der Waals surface area contributed by atoms with E-state index in [0.717, 1.165) is 49.3 Å². The van der Waals surface area contributed by atoms with Gasteiger partial charge in [0.2, 0.25) is 0 Å². The van der Waals surface area contributed by atoms with Gasteiger partial charge in [0.05, 0.1) is 18.1 Å². The molecule has 0 spiro atoms. The topological polar surface area (TPSA) is 86.7 Å². The molecule has 2 aromatic rings. The fourth-order valence-corrected chi connectivity index (χ4v) is 4.84. The number of aliphatic hydroxyl groups excluding tert-OH is 1. The summed E-state index contributed by atoms with van der Waals surface area (Å²) in [7, 11) is 0. The molecule has 0 radical (unpaired) electrons. The second kappa shape index (κ2) is 8.46. The molecule has 0 unspecified atom stereocenters. The fourth-order valence-electron chi connectivity index (χ4n) is 3.89. The number of ether oxygens (including phenoxy) is 1. The molecule has 1 aromatic carbocycles. The molecule has 1 amide bonds. The van der Waals surface area contributed by atoms with E-state index in [1.54, 1.807) is 0 Å². The predicted molar refractivity (Wildman–Crippen MR) is 111 cm³/mol. The molecule has 3 fully saturated rings. The fraction of sp³-hybridized carbons (Fsp3) is 0.500. The Morgan fingerprint density at radius 2 is 1.93 bits per heavy atom. The number of benzene rings is 1. The number of nitrogens with zero attached hydrogens (tertiary/aromatic N) is 2. The molecule has 3 aliphatic rings. The van der Waals surface area contributed by atoms with E-state index in [1.165, 1.54) is 11.3 Å². The van der Waals surface area contributed by atoms with E-state index >= 15 is 0 Å².